The number of carboxylic acid groups (broad SMARTS) is 1. The highest BCUT2D eigenvalue weighted by atomic mass is 79.9. The molecule has 0 aliphatic carbocycles. The Balaban J connectivity index is 2.87. The Bertz CT molecular complexity index is 402. The molecule has 0 amide bonds. The summed E-state index contributed by atoms with van der Waals surface area (Å²) in [5.41, 5.74) is -0.200. The van der Waals surface area contributed by atoms with E-state index in [1.54, 1.807) is 0 Å². The number of rotatable bonds is 3. The van der Waals surface area contributed by atoms with E-state index in [-0.39, 0.29) is 17.3 Å². The Kier molecular flexibility index (Phi) is 3.96. The van der Waals surface area contributed by atoms with Crippen molar-refractivity contribution in [2.24, 2.45) is 0 Å². The van der Waals surface area contributed by atoms with Gasteiger partial charge in [0.15, 0.2) is 0 Å². The van der Waals surface area contributed by atoms with Crippen molar-refractivity contribution in [2.45, 2.75) is 19.0 Å². The van der Waals surface area contributed by atoms with Gasteiger partial charge in [-0.1, -0.05) is 22.0 Å². The second-order valence-electron chi connectivity index (χ2n) is 3.21. The molecule has 6 heteroatoms. The van der Waals surface area contributed by atoms with Gasteiger partial charge in [0.1, 0.15) is 0 Å². The summed E-state index contributed by atoms with van der Waals surface area (Å²) in [6, 6.07) is 3.53. The third kappa shape index (κ3) is 3.52. The van der Waals surface area contributed by atoms with Gasteiger partial charge in [-0.3, -0.25) is 4.79 Å². The quantitative estimate of drug-likeness (QED) is 0.927. The largest absolute Gasteiger partial charge is 0.481 e. The lowest BCUT2D eigenvalue weighted by Gasteiger charge is -2.10. The van der Waals surface area contributed by atoms with E-state index in [0.717, 1.165) is 6.07 Å². The number of benzene rings is 1. The number of aliphatic carboxylic acids is 1. The maximum Gasteiger partial charge on any atom is 0.417 e. The number of carboxylic acids is 1. The Morgan fingerprint density at radius 2 is 2.00 bits per heavy atom. The van der Waals surface area contributed by atoms with Crippen LogP contribution in [0.4, 0.5) is 13.2 Å². The molecule has 0 heterocycles. The van der Waals surface area contributed by atoms with Gasteiger partial charge in [0, 0.05) is 10.9 Å². The summed E-state index contributed by atoms with van der Waals surface area (Å²) >= 11 is 2.82. The molecule has 0 saturated carbocycles. The molecule has 1 rings (SSSR count). The Morgan fingerprint density at radius 3 is 2.44 bits per heavy atom. The average molecular weight is 297 g/mol. The van der Waals surface area contributed by atoms with Crippen LogP contribution in [0.1, 0.15) is 17.5 Å². The summed E-state index contributed by atoms with van der Waals surface area (Å²) in [4.78, 5) is 10.3. The summed E-state index contributed by atoms with van der Waals surface area (Å²) in [5, 5.41) is 8.44. The first-order valence-corrected chi connectivity index (χ1v) is 5.17. The van der Waals surface area contributed by atoms with E-state index in [1.807, 2.05) is 0 Å². The fraction of sp³-hybridized carbons (Fsp3) is 0.300. The maximum absolute atomic E-state index is 12.4. The maximum atomic E-state index is 12.4. The summed E-state index contributed by atoms with van der Waals surface area (Å²) in [6.45, 7) is 0. The molecule has 16 heavy (non-hydrogen) atoms. The molecule has 0 bridgehead atoms. The first-order valence-electron chi connectivity index (χ1n) is 4.38. The summed E-state index contributed by atoms with van der Waals surface area (Å²) < 4.78 is 37.0. The van der Waals surface area contributed by atoms with Gasteiger partial charge in [-0.15, -0.1) is 0 Å². The smallest absolute Gasteiger partial charge is 0.417 e. The van der Waals surface area contributed by atoms with Gasteiger partial charge in [-0.2, -0.15) is 13.2 Å². The van der Waals surface area contributed by atoms with Crippen molar-refractivity contribution in [3.63, 3.8) is 0 Å². The van der Waals surface area contributed by atoms with Crippen molar-refractivity contribution in [3.05, 3.63) is 33.8 Å². The monoisotopic (exact) mass is 296 g/mol. The number of halogens is 4. The van der Waals surface area contributed by atoms with Crippen LogP contribution in [-0.2, 0) is 17.4 Å². The first kappa shape index (κ1) is 13.0. The van der Waals surface area contributed by atoms with Crippen molar-refractivity contribution in [3.8, 4) is 0 Å². The molecule has 1 aromatic rings. The van der Waals surface area contributed by atoms with Gasteiger partial charge in [0.2, 0.25) is 0 Å². The van der Waals surface area contributed by atoms with Crippen molar-refractivity contribution >= 4 is 21.9 Å². The van der Waals surface area contributed by atoms with E-state index < -0.39 is 17.7 Å². The van der Waals surface area contributed by atoms with Crippen LogP contribution in [0.5, 0.6) is 0 Å². The van der Waals surface area contributed by atoms with E-state index >= 15 is 0 Å². The fourth-order valence-electron chi connectivity index (χ4n) is 1.20. The molecule has 0 aromatic heterocycles. The molecule has 0 atom stereocenters. The Labute approximate surface area is 98.2 Å². The van der Waals surface area contributed by atoms with Crippen LogP contribution >= 0.6 is 15.9 Å². The number of hydrogen-bond donors (Lipinski definition) is 1. The summed E-state index contributed by atoms with van der Waals surface area (Å²) in [5.74, 6) is -0.976. The van der Waals surface area contributed by atoms with Gasteiger partial charge in [-0.05, 0) is 24.1 Å². The third-order valence-corrected chi connectivity index (χ3v) is 2.62. The fourth-order valence-corrected chi connectivity index (χ4v) is 1.85. The van der Waals surface area contributed by atoms with Crippen LogP contribution < -0.4 is 0 Å². The molecule has 0 aliphatic rings. The van der Waals surface area contributed by atoms with Crippen LogP contribution in [-0.4, -0.2) is 11.1 Å². The number of alkyl halides is 3. The van der Waals surface area contributed by atoms with Crippen LogP contribution in [0.25, 0.3) is 0 Å². The second kappa shape index (κ2) is 4.86. The average Bonchev–Trinajstić information content (AvgIpc) is 2.12. The SMILES string of the molecule is O=C(O)CCc1ccc(C(F)(F)F)c(Br)c1. The molecule has 1 N–H and O–H groups in total. The standard InChI is InChI=1S/C10H8BrF3O2/c11-8-5-6(2-4-9(15)16)1-3-7(8)10(12,13)14/h1,3,5H,2,4H2,(H,15,16). The van der Waals surface area contributed by atoms with Crippen LogP contribution in [0.2, 0.25) is 0 Å². The van der Waals surface area contributed by atoms with Crippen molar-refractivity contribution < 1.29 is 23.1 Å². The van der Waals surface area contributed by atoms with Crippen LogP contribution in [0, 0.1) is 0 Å². The molecule has 0 unspecified atom stereocenters. The molecule has 88 valence electrons. The Hall–Kier alpha value is -1.04. The lowest BCUT2D eigenvalue weighted by molar-refractivity contribution is -0.138. The highest BCUT2D eigenvalue weighted by Gasteiger charge is 2.32. The summed E-state index contributed by atoms with van der Waals surface area (Å²) in [7, 11) is 0. The molecule has 1 aromatic carbocycles. The minimum absolute atomic E-state index is 0.0668. The molecular formula is C10H8BrF3O2. The molecule has 0 saturated heterocycles. The van der Waals surface area contributed by atoms with Crippen molar-refractivity contribution in [1.82, 2.24) is 0 Å². The van der Waals surface area contributed by atoms with Gasteiger partial charge in [-0.25, -0.2) is 0 Å². The van der Waals surface area contributed by atoms with Crippen LogP contribution in [0.15, 0.2) is 22.7 Å². The van der Waals surface area contributed by atoms with Crippen molar-refractivity contribution in [1.29, 1.82) is 0 Å². The highest BCUT2D eigenvalue weighted by Crippen LogP contribution is 2.35. The topological polar surface area (TPSA) is 37.3 Å². The van der Waals surface area contributed by atoms with Crippen molar-refractivity contribution in [2.75, 3.05) is 0 Å². The minimum Gasteiger partial charge on any atom is -0.481 e. The predicted molar refractivity (Wildman–Crippen MR) is 55.1 cm³/mol. The lowest BCUT2D eigenvalue weighted by Crippen LogP contribution is -2.06. The zero-order valence-electron chi connectivity index (χ0n) is 8.01. The summed E-state index contributed by atoms with van der Waals surface area (Å²) in [6.07, 6.45) is -4.28. The molecular weight excluding hydrogens is 289 g/mol. The zero-order chi connectivity index (χ0) is 12.3. The molecule has 0 aliphatic heterocycles. The van der Waals surface area contributed by atoms with E-state index in [2.05, 4.69) is 15.9 Å². The molecule has 2 nitrogen and oxygen atoms in total. The molecule has 0 fully saturated rings. The minimum atomic E-state index is -4.40. The van der Waals surface area contributed by atoms with E-state index in [9.17, 15) is 18.0 Å². The van der Waals surface area contributed by atoms with Crippen LogP contribution in [0.3, 0.4) is 0 Å². The molecule has 0 radical (unpaired) electrons. The number of aryl methyl sites for hydroxylation is 1. The zero-order valence-corrected chi connectivity index (χ0v) is 9.60. The normalized spacial score (nSPS) is 11.5. The predicted octanol–water partition coefficient (Wildman–Crippen LogP) is 3.49. The Morgan fingerprint density at radius 1 is 1.38 bits per heavy atom. The third-order valence-electron chi connectivity index (χ3n) is 1.97. The van der Waals surface area contributed by atoms with Gasteiger partial charge < -0.3 is 5.11 Å². The molecule has 0 spiro atoms. The van der Waals surface area contributed by atoms with Gasteiger partial charge in [0.25, 0.3) is 0 Å². The van der Waals surface area contributed by atoms with E-state index in [4.69, 9.17) is 5.11 Å². The first-order chi connectivity index (χ1) is 7.30. The number of hydrogen-bond acceptors (Lipinski definition) is 1. The van der Waals surface area contributed by atoms with E-state index in [0.29, 0.717) is 5.56 Å². The van der Waals surface area contributed by atoms with Gasteiger partial charge >= 0.3 is 12.1 Å². The highest BCUT2D eigenvalue weighted by molar-refractivity contribution is 9.10. The van der Waals surface area contributed by atoms with E-state index in [1.165, 1.54) is 12.1 Å². The van der Waals surface area contributed by atoms with Gasteiger partial charge in [0.05, 0.1) is 5.56 Å². The number of carbonyl (C=O) groups is 1. The second-order valence-corrected chi connectivity index (χ2v) is 4.06. The lowest BCUT2D eigenvalue weighted by atomic mass is 10.1.